The lowest BCUT2D eigenvalue weighted by Crippen LogP contribution is -2.34. The van der Waals surface area contributed by atoms with Crippen molar-refractivity contribution in [1.82, 2.24) is 4.90 Å². The normalized spacial score (nSPS) is 15.8. The van der Waals surface area contributed by atoms with E-state index in [0.29, 0.717) is 17.3 Å². The highest BCUT2D eigenvalue weighted by molar-refractivity contribution is 6.59. The zero-order valence-corrected chi connectivity index (χ0v) is 12.4. The Morgan fingerprint density at radius 3 is 2.55 bits per heavy atom. The maximum Gasteiger partial charge on any atom is 0.492 e. The molecule has 1 aliphatic carbocycles. The molecule has 0 saturated heterocycles. The van der Waals surface area contributed by atoms with E-state index in [-0.39, 0.29) is 0 Å². The fourth-order valence-electron chi connectivity index (χ4n) is 3.09. The van der Waals surface area contributed by atoms with Gasteiger partial charge in [0.15, 0.2) is 0 Å². The standard InChI is InChI=1S/C15H24BNO3/c1-3-17(13-6-4-5-7-13)11-12-8-9-15(20-2)14(10-12)16(18)19/h8-10,13,18-19H,3-7,11H2,1-2H3. The van der Waals surface area contributed by atoms with Gasteiger partial charge in [-0.25, -0.2) is 0 Å². The summed E-state index contributed by atoms with van der Waals surface area (Å²) in [7, 11) is 0.0454. The van der Waals surface area contributed by atoms with Gasteiger partial charge in [0.1, 0.15) is 5.75 Å². The molecule has 0 spiro atoms. The molecule has 0 aliphatic heterocycles. The Morgan fingerprint density at radius 1 is 1.30 bits per heavy atom. The minimum Gasteiger partial charge on any atom is -0.497 e. The fourth-order valence-corrected chi connectivity index (χ4v) is 3.09. The van der Waals surface area contributed by atoms with Gasteiger partial charge in [-0.05, 0) is 31.0 Å². The number of rotatable bonds is 6. The number of nitrogens with zero attached hydrogens (tertiary/aromatic N) is 1. The molecule has 1 aromatic rings. The fraction of sp³-hybridized carbons (Fsp3) is 0.600. The molecular weight excluding hydrogens is 253 g/mol. The topological polar surface area (TPSA) is 52.9 Å². The summed E-state index contributed by atoms with van der Waals surface area (Å²) in [4.78, 5) is 2.47. The first-order valence-corrected chi connectivity index (χ1v) is 7.42. The SMILES string of the molecule is CCN(Cc1ccc(OC)c(B(O)O)c1)C1CCCC1. The molecular formula is C15H24BNO3. The second-order valence-corrected chi connectivity index (χ2v) is 5.45. The molecule has 2 rings (SSSR count). The third-order valence-electron chi connectivity index (χ3n) is 4.21. The zero-order valence-electron chi connectivity index (χ0n) is 12.4. The van der Waals surface area contributed by atoms with E-state index in [9.17, 15) is 10.0 Å². The van der Waals surface area contributed by atoms with E-state index in [0.717, 1.165) is 18.7 Å². The van der Waals surface area contributed by atoms with Gasteiger partial charge in [0, 0.05) is 18.0 Å². The van der Waals surface area contributed by atoms with Crippen molar-refractivity contribution in [1.29, 1.82) is 0 Å². The number of benzene rings is 1. The molecule has 1 aromatic carbocycles. The van der Waals surface area contributed by atoms with Gasteiger partial charge >= 0.3 is 7.12 Å². The Bertz CT molecular complexity index is 433. The number of ether oxygens (including phenoxy) is 1. The van der Waals surface area contributed by atoms with Crippen molar-refractivity contribution in [2.75, 3.05) is 13.7 Å². The van der Waals surface area contributed by atoms with Crippen molar-refractivity contribution >= 4 is 12.6 Å². The van der Waals surface area contributed by atoms with E-state index in [1.807, 2.05) is 18.2 Å². The van der Waals surface area contributed by atoms with E-state index in [2.05, 4.69) is 11.8 Å². The maximum absolute atomic E-state index is 9.42. The highest BCUT2D eigenvalue weighted by atomic mass is 16.5. The third kappa shape index (κ3) is 3.54. The number of methoxy groups -OCH3 is 1. The Labute approximate surface area is 121 Å². The Morgan fingerprint density at radius 2 is 2.00 bits per heavy atom. The first kappa shape index (κ1) is 15.4. The smallest absolute Gasteiger partial charge is 0.492 e. The zero-order chi connectivity index (χ0) is 14.5. The summed E-state index contributed by atoms with van der Waals surface area (Å²) in [6.45, 7) is 4.06. The predicted octanol–water partition coefficient (Wildman–Crippen LogP) is 1.14. The summed E-state index contributed by atoms with van der Waals surface area (Å²) in [5.74, 6) is 0.521. The quantitative estimate of drug-likeness (QED) is 0.766. The Hall–Kier alpha value is -1.04. The van der Waals surface area contributed by atoms with Crippen molar-refractivity contribution in [3.63, 3.8) is 0 Å². The lowest BCUT2D eigenvalue weighted by molar-refractivity contribution is 0.200. The van der Waals surface area contributed by atoms with Gasteiger partial charge < -0.3 is 14.8 Å². The lowest BCUT2D eigenvalue weighted by Gasteiger charge is -2.27. The average molecular weight is 277 g/mol. The van der Waals surface area contributed by atoms with Gasteiger partial charge in [0.05, 0.1) is 7.11 Å². The summed E-state index contributed by atoms with van der Waals surface area (Å²) in [5, 5.41) is 18.8. The van der Waals surface area contributed by atoms with E-state index < -0.39 is 7.12 Å². The Balaban J connectivity index is 2.13. The van der Waals surface area contributed by atoms with Gasteiger partial charge in [-0.1, -0.05) is 31.9 Å². The molecule has 110 valence electrons. The molecule has 1 fully saturated rings. The van der Waals surface area contributed by atoms with Crippen LogP contribution in [0.5, 0.6) is 5.75 Å². The largest absolute Gasteiger partial charge is 0.497 e. The van der Waals surface area contributed by atoms with Crippen LogP contribution >= 0.6 is 0 Å². The van der Waals surface area contributed by atoms with Crippen molar-refractivity contribution in [3.05, 3.63) is 23.8 Å². The first-order valence-electron chi connectivity index (χ1n) is 7.42. The van der Waals surface area contributed by atoms with Gasteiger partial charge in [0.25, 0.3) is 0 Å². The van der Waals surface area contributed by atoms with Crippen molar-refractivity contribution in [2.45, 2.75) is 45.2 Å². The van der Waals surface area contributed by atoms with Gasteiger partial charge in [0.2, 0.25) is 0 Å². The number of hydrogen-bond donors (Lipinski definition) is 2. The van der Waals surface area contributed by atoms with Gasteiger partial charge in [-0.2, -0.15) is 0 Å². The molecule has 0 atom stereocenters. The maximum atomic E-state index is 9.42. The van der Waals surface area contributed by atoms with Crippen LogP contribution in [0.2, 0.25) is 0 Å². The second kappa shape index (κ2) is 7.11. The third-order valence-corrected chi connectivity index (χ3v) is 4.21. The second-order valence-electron chi connectivity index (χ2n) is 5.45. The summed E-state index contributed by atoms with van der Waals surface area (Å²) in [6, 6.07) is 6.32. The van der Waals surface area contributed by atoms with E-state index in [1.54, 1.807) is 0 Å². The van der Waals surface area contributed by atoms with Crippen molar-refractivity contribution in [2.24, 2.45) is 0 Å². The van der Waals surface area contributed by atoms with E-state index in [1.165, 1.54) is 32.8 Å². The lowest BCUT2D eigenvalue weighted by atomic mass is 9.78. The molecule has 20 heavy (non-hydrogen) atoms. The first-order chi connectivity index (χ1) is 9.65. The van der Waals surface area contributed by atoms with Crippen LogP contribution in [0, 0.1) is 0 Å². The molecule has 0 bridgehead atoms. The predicted molar refractivity (Wildman–Crippen MR) is 81.2 cm³/mol. The summed E-state index contributed by atoms with van der Waals surface area (Å²) in [5.41, 5.74) is 1.54. The molecule has 0 radical (unpaired) electrons. The van der Waals surface area contributed by atoms with E-state index >= 15 is 0 Å². The summed E-state index contributed by atoms with van der Waals surface area (Å²) >= 11 is 0. The highest BCUT2D eigenvalue weighted by Gasteiger charge is 2.22. The van der Waals surface area contributed by atoms with Crippen LogP contribution in [-0.2, 0) is 6.54 Å². The molecule has 0 amide bonds. The van der Waals surface area contributed by atoms with Crippen LogP contribution in [0.25, 0.3) is 0 Å². The molecule has 0 heterocycles. The molecule has 4 nitrogen and oxygen atoms in total. The van der Waals surface area contributed by atoms with Crippen LogP contribution < -0.4 is 10.2 Å². The molecule has 0 unspecified atom stereocenters. The van der Waals surface area contributed by atoms with Crippen LogP contribution in [-0.4, -0.2) is 41.8 Å². The van der Waals surface area contributed by atoms with Crippen molar-refractivity contribution < 1.29 is 14.8 Å². The van der Waals surface area contributed by atoms with Crippen LogP contribution in [0.3, 0.4) is 0 Å². The van der Waals surface area contributed by atoms with Crippen molar-refractivity contribution in [3.8, 4) is 5.75 Å². The number of hydrogen-bond acceptors (Lipinski definition) is 4. The molecule has 2 N–H and O–H groups in total. The monoisotopic (exact) mass is 277 g/mol. The molecule has 5 heteroatoms. The molecule has 0 aromatic heterocycles. The van der Waals surface area contributed by atoms with Crippen LogP contribution in [0.1, 0.15) is 38.2 Å². The summed E-state index contributed by atoms with van der Waals surface area (Å²) in [6.07, 6.45) is 5.20. The minimum atomic E-state index is -1.49. The Kier molecular flexibility index (Phi) is 5.46. The molecule has 1 aliphatic rings. The van der Waals surface area contributed by atoms with Crippen LogP contribution in [0.15, 0.2) is 18.2 Å². The van der Waals surface area contributed by atoms with E-state index in [4.69, 9.17) is 4.74 Å². The average Bonchev–Trinajstić information content (AvgIpc) is 2.98. The molecule has 1 saturated carbocycles. The highest BCUT2D eigenvalue weighted by Crippen LogP contribution is 2.25. The van der Waals surface area contributed by atoms with Gasteiger partial charge in [-0.15, -0.1) is 0 Å². The minimum absolute atomic E-state index is 0.437. The summed E-state index contributed by atoms with van der Waals surface area (Å²) < 4.78 is 5.16. The van der Waals surface area contributed by atoms with Crippen LogP contribution in [0.4, 0.5) is 0 Å². The van der Waals surface area contributed by atoms with Gasteiger partial charge in [-0.3, -0.25) is 4.90 Å².